The third kappa shape index (κ3) is 7.76. The molecular weight excluding hydrogens is 492 g/mol. The number of likely N-dealkylation sites (tertiary alicyclic amines) is 1. The standard InChI is InChI=1S/C32H38N2O5/c33-18-8-14-29(35)24-38-30-15-7-13-28(21-30)32(37,27-11-5-2-6-12-27)31(36)39-23-26-16-19-34(20-17-26)22-25-9-3-1-4-10-25/h1-7,9-13,15,21,26,37H,8,14,16-20,22-24,33H2/t32-/m0/s1. The molecule has 39 heavy (non-hydrogen) atoms. The zero-order chi connectivity index (χ0) is 27.5. The van der Waals surface area contributed by atoms with Crippen LogP contribution in [0.5, 0.6) is 5.75 Å². The van der Waals surface area contributed by atoms with E-state index in [1.807, 2.05) is 12.1 Å². The Morgan fingerprint density at radius 3 is 2.28 bits per heavy atom. The largest absolute Gasteiger partial charge is 0.486 e. The van der Waals surface area contributed by atoms with Crippen LogP contribution in [0, 0.1) is 5.92 Å². The van der Waals surface area contributed by atoms with Gasteiger partial charge in [0, 0.05) is 18.5 Å². The number of carbonyl (C=O) groups is 2. The van der Waals surface area contributed by atoms with Crippen LogP contribution in [0.15, 0.2) is 84.9 Å². The van der Waals surface area contributed by atoms with Crippen molar-refractivity contribution in [1.29, 1.82) is 0 Å². The maximum absolute atomic E-state index is 13.5. The molecule has 0 spiro atoms. The first-order chi connectivity index (χ1) is 19.0. The number of benzene rings is 3. The van der Waals surface area contributed by atoms with E-state index in [-0.39, 0.29) is 24.9 Å². The molecule has 0 amide bonds. The van der Waals surface area contributed by atoms with Crippen molar-refractivity contribution < 1.29 is 24.2 Å². The summed E-state index contributed by atoms with van der Waals surface area (Å²) in [6.07, 6.45) is 2.80. The van der Waals surface area contributed by atoms with Crippen LogP contribution in [0.4, 0.5) is 0 Å². The normalized spacial score (nSPS) is 15.8. The fraction of sp³-hybridized carbons (Fsp3) is 0.375. The van der Waals surface area contributed by atoms with Crippen molar-refractivity contribution in [2.75, 3.05) is 32.8 Å². The van der Waals surface area contributed by atoms with E-state index in [4.69, 9.17) is 15.2 Å². The molecule has 7 heteroatoms. The van der Waals surface area contributed by atoms with Gasteiger partial charge in [-0.15, -0.1) is 0 Å². The molecule has 1 atom stereocenters. The van der Waals surface area contributed by atoms with Crippen LogP contribution in [-0.2, 0) is 26.5 Å². The van der Waals surface area contributed by atoms with E-state index in [0.717, 1.165) is 32.5 Å². The van der Waals surface area contributed by atoms with Crippen molar-refractivity contribution in [3.05, 3.63) is 102 Å². The lowest BCUT2D eigenvalue weighted by atomic mass is 9.86. The Morgan fingerprint density at radius 2 is 1.59 bits per heavy atom. The van der Waals surface area contributed by atoms with Crippen molar-refractivity contribution >= 4 is 11.8 Å². The fourth-order valence-electron chi connectivity index (χ4n) is 4.88. The van der Waals surface area contributed by atoms with Gasteiger partial charge in [0.2, 0.25) is 5.60 Å². The predicted octanol–water partition coefficient (Wildman–Crippen LogP) is 4.06. The van der Waals surface area contributed by atoms with E-state index < -0.39 is 11.6 Å². The highest BCUT2D eigenvalue weighted by molar-refractivity contribution is 5.85. The Bertz CT molecular complexity index is 1200. The molecule has 3 aromatic rings. The van der Waals surface area contributed by atoms with Crippen molar-refractivity contribution in [2.24, 2.45) is 11.7 Å². The second kappa shape index (κ2) is 14.0. The topological polar surface area (TPSA) is 102 Å². The van der Waals surface area contributed by atoms with E-state index in [1.165, 1.54) is 5.56 Å². The number of ketones is 1. The number of Topliss-reactive ketones (excluding diaryl/α,β-unsaturated/α-hetero) is 1. The van der Waals surface area contributed by atoms with Crippen LogP contribution >= 0.6 is 0 Å². The zero-order valence-electron chi connectivity index (χ0n) is 22.3. The molecule has 0 unspecified atom stereocenters. The van der Waals surface area contributed by atoms with Crippen LogP contribution in [0.3, 0.4) is 0 Å². The second-order valence-corrected chi connectivity index (χ2v) is 10.1. The maximum atomic E-state index is 13.5. The van der Waals surface area contributed by atoms with E-state index in [2.05, 4.69) is 29.2 Å². The van der Waals surface area contributed by atoms with Gasteiger partial charge in [-0.05, 0) is 68.1 Å². The van der Waals surface area contributed by atoms with E-state index >= 15 is 0 Å². The minimum atomic E-state index is -2.02. The van der Waals surface area contributed by atoms with Gasteiger partial charge < -0.3 is 20.3 Å². The van der Waals surface area contributed by atoms with E-state index in [1.54, 1.807) is 48.5 Å². The molecule has 1 aliphatic rings. The fourth-order valence-corrected chi connectivity index (χ4v) is 4.88. The third-order valence-electron chi connectivity index (χ3n) is 7.20. The summed E-state index contributed by atoms with van der Waals surface area (Å²) in [7, 11) is 0. The lowest BCUT2D eigenvalue weighted by molar-refractivity contribution is -0.164. The molecule has 1 heterocycles. The summed E-state index contributed by atoms with van der Waals surface area (Å²) in [6.45, 7) is 3.38. The lowest BCUT2D eigenvalue weighted by Crippen LogP contribution is -2.40. The summed E-state index contributed by atoms with van der Waals surface area (Å²) in [5.74, 6) is -0.160. The summed E-state index contributed by atoms with van der Waals surface area (Å²) >= 11 is 0. The highest BCUT2D eigenvalue weighted by Crippen LogP contribution is 2.33. The number of ether oxygens (including phenoxy) is 2. The first-order valence-corrected chi connectivity index (χ1v) is 13.7. The minimum absolute atomic E-state index is 0.0570. The molecule has 7 nitrogen and oxygen atoms in total. The van der Waals surface area contributed by atoms with Crippen LogP contribution in [0.2, 0.25) is 0 Å². The highest BCUT2D eigenvalue weighted by atomic mass is 16.5. The number of piperidine rings is 1. The molecule has 3 N–H and O–H groups in total. The van der Waals surface area contributed by atoms with E-state index in [0.29, 0.717) is 36.3 Å². The van der Waals surface area contributed by atoms with Gasteiger partial charge in [-0.25, -0.2) is 4.79 Å². The molecule has 0 aliphatic carbocycles. The zero-order valence-corrected chi connectivity index (χ0v) is 22.3. The average Bonchev–Trinajstić information content (AvgIpc) is 2.99. The summed E-state index contributed by atoms with van der Waals surface area (Å²) < 4.78 is 11.4. The van der Waals surface area contributed by atoms with Gasteiger partial charge in [0.25, 0.3) is 0 Å². The Labute approximate surface area is 230 Å². The molecule has 4 rings (SSSR count). The first kappa shape index (κ1) is 28.5. The Kier molecular flexibility index (Phi) is 10.3. The van der Waals surface area contributed by atoms with Crippen molar-refractivity contribution in [3.63, 3.8) is 0 Å². The number of nitrogens with zero attached hydrogens (tertiary/aromatic N) is 1. The minimum Gasteiger partial charge on any atom is -0.486 e. The Balaban J connectivity index is 1.40. The van der Waals surface area contributed by atoms with Gasteiger partial charge in [-0.1, -0.05) is 72.8 Å². The quantitative estimate of drug-likeness (QED) is 0.321. The predicted molar refractivity (Wildman–Crippen MR) is 150 cm³/mol. The van der Waals surface area contributed by atoms with Crippen LogP contribution in [0.25, 0.3) is 0 Å². The molecule has 1 fully saturated rings. The van der Waals surface area contributed by atoms with Gasteiger partial charge in [-0.3, -0.25) is 9.69 Å². The number of aliphatic hydroxyl groups is 1. The van der Waals surface area contributed by atoms with E-state index in [9.17, 15) is 14.7 Å². The Morgan fingerprint density at radius 1 is 0.923 bits per heavy atom. The molecule has 0 bridgehead atoms. The summed E-state index contributed by atoms with van der Waals surface area (Å²) in [5, 5.41) is 11.9. The van der Waals surface area contributed by atoms with Crippen molar-refractivity contribution in [3.8, 4) is 5.75 Å². The van der Waals surface area contributed by atoms with Crippen molar-refractivity contribution in [1.82, 2.24) is 4.90 Å². The maximum Gasteiger partial charge on any atom is 0.347 e. The number of esters is 1. The van der Waals surface area contributed by atoms with Gasteiger partial charge in [-0.2, -0.15) is 0 Å². The molecule has 3 aromatic carbocycles. The molecule has 0 aromatic heterocycles. The SMILES string of the molecule is NCCCC(=O)COc1cccc([C@](O)(C(=O)OCC2CCN(Cc3ccccc3)CC2)c2ccccc2)c1. The molecule has 1 saturated heterocycles. The van der Waals surface area contributed by atoms with Crippen LogP contribution in [-0.4, -0.2) is 54.6 Å². The summed E-state index contributed by atoms with van der Waals surface area (Å²) in [6, 6.07) is 25.8. The molecule has 1 aliphatic heterocycles. The number of hydrogen-bond acceptors (Lipinski definition) is 7. The second-order valence-electron chi connectivity index (χ2n) is 10.1. The number of hydrogen-bond donors (Lipinski definition) is 2. The number of nitrogens with two attached hydrogens (primary N) is 1. The van der Waals surface area contributed by atoms with Gasteiger partial charge in [0.15, 0.2) is 5.78 Å². The van der Waals surface area contributed by atoms with Crippen LogP contribution in [0.1, 0.15) is 42.4 Å². The molecular formula is C32H38N2O5. The Hall–Kier alpha value is -3.52. The smallest absolute Gasteiger partial charge is 0.347 e. The van der Waals surface area contributed by atoms with Crippen LogP contribution < -0.4 is 10.5 Å². The van der Waals surface area contributed by atoms with Crippen molar-refractivity contribution in [2.45, 2.75) is 37.8 Å². The molecule has 0 saturated carbocycles. The number of carbonyl (C=O) groups excluding carboxylic acids is 2. The first-order valence-electron chi connectivity index (χ1n) is 13.7. The third-order valence-corrected chi connectivity index (χ3v) is 7.20. The molecule has 206 valence electrons. The van der Waals surface area contributed by atoms with Gasteiger partial charge >= 0.3 is 5.97 Å². The monoisotopic (exact) mass is 530 g/mol. The number of rotatable bonds is 13. The molecule has 0 radical (unpaired) electrons. The summed E-state index contributed by atoms with van der Waals surface area (Å²) in [5.41, 5.74) is 5.48. The summed E-state index contributed by atoms with van der Waals surface area (Å²) in [4.78, 5) is 28.0. The van der Waals surface area contributed by atoms with Gasteiger partial charge in [0.05, 0.1) is 6.61 Å². The highest BCUT2D eigenvalue weighted by Gasteiger charge is 2.42. The lowest BCUT2D eigenvalue weighted by Gasteiger charge is -2.33. The van der Waals surface area contributed by atoms with Gasteiger partial charge in [0.1, 0.15) is 12.4 Å². The average molecular weight is 531 g/mol.